The first-order valence-corrected chi connectivity index (χ1v) is 9.79. The summed E-state index contributed by atoms with van der Waals surface area (Å²) in [6.45, 7) is 1.67. The summed E-state index contributed by atoms with van der Waals surface area (Å²) < 4.78 is 39.5. The minimum atomic E-state index is -4.43. The molecular weight excluding hydrogens is 391 g/mol. The lowest BCUT2D eigenvalue weighted by Gasteiger charge is -2.31. The second-order valence-electron chi connectivity index (χ2n) is 6.78. The van der Waals surface area contributed by atoms with Gasteiger partial charge in [0.25, 0.3) is 5.91 Å². The van der Waals surface area contributed by atoms with Crippen molar-refractivity contribution in [3.05, 3.63) is 40.9 Å². The summed E-state index contributed by atoms with van der Waals surface area (Å²) in [5.41, 5.74) is 5.75. The van der Waals surface area contributed by atoms with Crippen molar-refractivity contribution in [2.75, 3.05) is 0 Å². The number of hydrogen-bond acceptors (Lipinski definition) is 4. The lowest BCUT2D eigenvalue weighted by Crippen LogP contribution is -2.49. The highest BCUT2D eigenvalue weighted by atomic mass is 32.1. The van der Waals surface area contributed by atoms with Crippen LogP contribution in [-0.2, 0) is 4.79 Å². The molecule has 3 rings (SSSR count). The van der Waals surface area contributed by atoms with Crippen LogP contribution in [0.1, 0.15) is 41.0 Å². The number of halogens is 3. The number of nitrogens with zero attached hydrogens (tertiary/aromatic N) is 1. The number of alkyl halides is 3. The van der Waals surface area contributed by atoms with E-state index in [-0.39, 0.29) is 12.8 Å². The van der Waals surface area contributed by atoms with Gasteiger partial charge in [0, 0.05) is 5.56 Å². The van der Waals surface area contributed by atoms with Gasteiger partial charge in [-0.25, -0.2) is 4.98 Å². The van der Waals surface area contributed by atoms with E-state index in [4.69, 9.17) is 0 Å². The third-order valence-corrected chi connectivity index (χ3v) is 6.05. The van der Waals surface area contributed by atoms with E-state index in [1.54, 1.807) is 6.92 Å². The maximum atomic E-state index is 13.2. The Morgan fingerprint density at radius 3 is 2.46 bits per heavy atom. The Kier molecular flexibility index (Phi) is 6.02. The van der Waals surface area contributed by atoms with Crippen molar-refractivity contribution < 1.29 is 22.8 Å². The third-order valence-electron chi connectivity index (χ3n) is 4.85. The zero-order valence-electron chi connectivity index (χ0n) is 15.2. The predicted octanol–water partition coefficient (Wildman–Crippen LogP) is 4.25. The van der Waals surface area contributed by atoms with Crippen molar-refractivity contribution >= 4 is 23.2 Å². The number of benzene rings is 1. The Labute approximate surface area is 164 Å². The van der Waals surface area contributed by atoms with Crippen LogP contribution in [0.2, 0.25) is 0 Å². The largest absolute Gasteiger partial charge is 0.392 e. The molecule has 1 saturated carbocycles. The fourth-order valence-electron chi connectivity index (χ4n) is 3.42. The first kappa shape index (κ1) is 20.3. The molecule has 150 valence electrons. The van der Waals surface area contributed by atoms with Crippen LogP contribution >= 0.6 is 11.3 Å². The van der Waals surface area contributed by atoms with E-state index >= 15 is 0 Å². The van der Waals surface area contributed by atoms with Gasteiger partial charge >= 0.3 is 6.18 Å². The van der Waals surface area contributed by atoms with Gasteiger partial charge in [0.15, 0.2) is 0 Å². The standard InChI is InChI=1S/C19H20F3N3O2S/c1-11-15(28-18(23-11)12-7-3-2-4-8-12)17(27)25-24-16(26)13-9-5-6-10-14(13)19(20,21)22/h2-4,7-8,13-14H,5-6,9-10H2,1H3,(H,24,26)(H,25,27). The van der Waals surface area contributed by atoms with Crippen LogP contribution in [-0.4, -0.2) is 23.0 Å². The molecule has 2 atom stereocenters. The van der Waals surface area contributed by atoms with Gasteiger partial charge in [0.1, 0.15) is 9.88 Å². The van der Waals surface area contributed by atoms with Gasteiger partial charge in [-0.05, 0) is 19.8 Å². The second-order valence-corrected chi connectivity index (χ2v) is 7.78. The summed E-state index contributed by atoms with van der Waals surface area (Å²) in [6.07, 6.45) is -3.32. The number of amides is 2. The quantitative estimate of drug-likeness (QED) is 0.742. The maximum Gasteiger partial charge on any atom is 0.392 e. The molecule has 0 aliphatic heterocycles. The van der Waals surface area contributed by atoms with Crippen LogP contribution in [0.3, 0.4) is 0 Å². The number of hydrogen-bond donors (Lipinski definition) is 2. The Balaban J connectivity index is 1.65. The number of carbonyl (C=O) groups is 2. The molecule has 1 aromatic heterocycles. The van der Waals surface area contributed by atoms with Crippen LogP contribution in [0, 0.1) is 18.8 Å². The zero-order chi connectivity index (χ0) is 20.3. The Morgan fingerprint density at radius 2 is 1.79 bits per heavy atom. The Bertz CT molecular complexity index is 852. The summed E-state index contributed by atoms with van der Waals surface area (Å²) in [5, 5.41) is 0.652. The number of hydrazine groups is 1. The number of rotatable bonds is 3. The molecule has 28 heavy (non-hydrogen) atoms. The average molecular weight is 411 g/mol. The molecule has 2 unspecified atom stereocenters. The third kappa shape index (κ3) is 4.52. The van der Waals surface area contributed by atoms with E-state index in [0.717, 1.165) is 16.9 Å². The maximum absolute atomic E-state index is 13.2. The molecule has 1 aliphatic carbocycles. The van der Waals surface area contributed by atoms with E-state index in [0.29, 0.717) is 28.4 Å². The van der Waals surface area contributed by atoms with E-state index in [2.05, 4.69) is 15.8 Å². The fourth-order valence-corrected chi connectivity index (χ4v) is 4.38. The van der Waals surface area contributed by atoms with Crippen LogP contribution in [0.25, 0.3) is 10.6 Å². The van der Waals surface area contributed by atoms with Gasteiger partial charge in [0.2, 0.25) is 5.91 Å². The highest BCUT2D eigenvalue weighted by Gasteiger charge is 2.48. The summed E-state index contributed by atoms with van der Waals surface area (Å²) in [6, 6.07) is 9.30. The van der Waals surface area contributed by atoms with Crippen LogP contribution in [0.4, 0.5) is 13.2 Å². The van der Waals surface area contributed by atoms with Gasteiger partial charge < -0.3 is 0 Å². The molecule has 1 fully saturated rings. The normalized spacial score (nSPS) is 19.9. The summed E-state index contributed by atoms with van der Waals surface area (Å²) in [4.78, 5) is 29.3. The number of aryl methyl sites for hydroxylation is 1. The molecule has 2 N–H and O–H groups in total. The van der Waals surface area contributed by atoms with Crippen molar-refractivity contribution in [2.45, 2.75) is 38.8 Å². The SMILES string of the molecule is Cc1nc(-c2ccccc2)sc1C(=O)NNC(=O)C1CCCCC1C(F)(F)F. The highest BCUT2D eigenvalue weighted by Crippen LogP contribution is 2.41. The minimum absolute atomic E-state index is 0.0656. The summed E-state index contributed by atoms with van der Waals surface area (Å²) >= 11 is 1.16. The summed E-state index contributed by atoms with van der Waals surface area (Å²) in [5.74, 6) is -4.25. The van der Waals surface area contributed by atoms with Crippen molar-refractivity contribution in [3.63, 3.8) is 0 Å². The highest BCUT2D eigenvalue weighted by molar-refractivity contribution is 7.17. The molecule has 2 amide bonds. The molecule has 1 aliphatic rings. The summed E-state index contributed by atoms with van der Waals surface area (Å²) in [7, 11) is 0. The minimum Gasteiger partial charge on any atom is -0.273 e. The second kappa shape index (κ2) is 8.30. The van der Waals surface area contributed by atoms with E-state index in [1.165, 1.54) is 0 Å². The predicted molar refractivity (Wildman–Crippen MR) is 99.4 cm³/mol. The van der Waals surface area contributed by atoms with Gasteiger partial charge in [-0.3, -0.25) is 20.4 Å². The Hall–Kier alpha value is -2.42. The first-order chi connectivity index (χ1) is 13.3. The van der Waals surface area contributed by atoms with Crippen molar-refractivity contribution in [1.29, 1.82) is 0 Å². The molecule has 9 heteroatoms. The number of aromatic nitrogens is 1. The van der Waals surface area contributed by atoms with Gasteiger partial charge in [-0.1, -0.05) is 43.2 Å². The smallest absolute Gasteiger partial charge is 0.273 e. The molecule has 2 aromatic rings. The Morgan fingerprint density at radius 1 is 1.11 bits per heavy atom. The molecule has 0 radical (unpaired) electrons. The van der Waals surface area contributed by atoms with Gasteiger partial charge in [-0.2, -0.15) is 13.2 Å². The van der Waals surface area contributed by atoms with Crippen LogP contribution in [0.15, 0.2) is 30.3 Å². The topological polar surface area (TPSA) is 71.1 Å². The van der Waals surface area contributed by atoms with Crippen molar-refractivity contribution in [3.8, 4) is 10.6 Å². The van der Waals surface area contributed by atoms with E-state index in [9.17, 15) is 22.8 Å². The lowest BCUT2D eigenvalue weighted by molar-refractivity contribution is -0.198. The average Bonchev–Trinajstić information content (AvgIpc) is 3.07. The van der Waals surface area contributed by atoms with Crippen LogP contribution in [0.5, 0.6) is 0 Å². The number of carbonyl (C=O) groups excluding carboxylic acids is 2. The van der Waals surface area contributed by atoms with E-state index in [1.807, 2.05) is 30.3 Å². The molecule has 1 heterocycles. The van der Waals surface area contributed by atoms with Crippen molar-refractivity contribution in [2.24, 2.45) is 11.8 Å². The number of nitrogens with one attached hydrogen (secondary N) is 2. The lowest BCUT2D eigenvalue weighted by atomic mass is 9.78. The van der Waals surface area contributed by atoms with E-state index < -0.39 is 29.8 Å². The van der Waals surface area contributed by atoms with Gasteiger partial charge in [-0.15, -0.1) is 11.3 Å². The molecule has 0 saturated heterocycles. The monoisotopic (exact) mass is 411 g/mol. The molecule has 0 bridgehead atoms. The van der Waals surface area contributed by atoms with Crippen molar-refractivity contribution in [1.82, 2.24) is 15.8 Å². The first-order valence-electron chi connectivity index (χ1n) is 8.97. The molecule has 0 spiro atoms. The van der Waals surface area contributed by atoms with Crippen LogP contribution < -0.4 is 10.9 Å². The molecular formula is C19H20F3N3O2S. The fraction of sp³-hybridized carbons (Fsp3) is 0.421. The molecule has 1 aromatic carbocycles. The number of thiazole rings is 1. The zero-order valence-corrected chi connectivity index (χ0v) is 16.0. The van der Waals surface area contributed by atoms with Gasteiger partial charge in [0.05, 0.1) is 17.5 Å². The molecule has 5 nitrogen and oxygen atoms in total.